The number of nitrogen functional groups attached to an aromatic ring is 1. The van der Waals surface area contributed by atoms with Crippen LogP contribution in [-0.2, 0) is 0 Å². The number of hydrogen-bond donors (Lipinski definition) is 2. The summed E-state index contributed by atoms with van der Waals surface area (Å²) in [5.41, 5.74) is 5.16. The average Bonchev–Trinajstić information content (AvgIpc) is 2.33. The number of nitrogens with two attached hydrogens (primary N) is 1. The van der Waals surface area contributed by atoms with Crippen LogP contribution < -0.4 is 5.73 Å². The lowest BCUT2D eigenvalue weighted by molar-refractivity contribution is 0.0690. The summed E-state index contributed by atoms with van der Waals surface area (Å²) < 4.78 is 13.8. The van der Waals surface area contributed by atoms with Gasteiger partial charge in [-0.1, -0.05) is 23.7 Å². The summed E-state index contributed by atoms with van der Waals surface area (Å²) in [5.74, 6) is -2.01. The largest absolute Gasteiger partial charge is 0.477 e. The fourth-order valence-electron chi connectivity index (χ4n) is 1.46. The predicted octanol–water partition coefficient (Wildman–Crippen LogP) is 2.82. The fourth-order valence-corrected chi connectivity index (χ4v) is 1.58. The first kappa shape index (κ1) is 12.3. The highest BCUT2D eigenvalue weighted by Crippen LogP contribution is 2.26. The van der Waals surface area contributed by atoms with Gasteiger partial charge < -0.3 is 10.8 Å². The van der Waals surface area contributed by atoms with E-state index in [0.29, 0.717) is 10.6 Å². The number of aromatic carboxylic acids is 1. The molecule has 0 spiro atoms. The van der Waals surface area contributed by atoms with Crippen molar-refractivity contribution in [3.63, 3.8) is 0 Å². The summed E-state index contributed by atoms with van der Waals surface area (Å²) in [5, 5.41) is 9.34. The second kappa shape index (κ2) is 4.62. The van der Waals surface area contributed by atoms with Gasteiger partial charge in [0.15, 0.2) is 11.5 Å². The van der Waals surface area contributed by atoms with Crippen molar-refractivity contribution in [3.8, 4) is 11.3 Å². The lowest BCUT2D eigenvalue weighted by Crippen LogP contribution is -2.06. The number of hydrogen-bond acceptors (Lipinski definition) is 3. The number of rotatable bonds is 2. The molecule has 6 heteroatoms. The van der Waals surface area contributed by atoms with Crippen molar-refractivity contribution in [3.05, 3.63) is 46.9 Å². The monoisotopic (exact) mass is 266 g/mol. The fraction of sp³-hybridized carbons (Fsp3) is 0. The molecule has 0 radical (unpaired) electrons. The highest BCUT2D eigenvalue weighted by Gasteiger charge is 2.15. The standard InChI is InChI=1S/C12H8ClFN2O2/c13-7-3-1-6(2-4-7)11-10(14)8(15)5-9(16-11)12(17)18/h1-5H,(H2,15,16)(H,17,18). The van der Waals surface area contributed by atoms with Crippen molar-refractivity contribution in [2.24, 2.45) is 0 Å². The van der Waals surface area contributed by atoms with E-state index in [-0.39, 0.29) is 17.1 Å². The quantitative estimate of drug-likeness (QED) is 0.876. The first-order valence-corrected chi connectivity index (χ1v) is 5.32. The van der Waals surface area contributed by atoms with Gasteiger partial charge in [-0.3, -0.25) is 0 Å². The number of nitrogens with zero attached hydrogens (tertiary/aromatic N) is 1. The van der Waals surface area contributed by atoms with Crippen LogP contribution in [0.25, 0.3) is 11.3 Å². The molecular weight excluding hydrogens is 259 g/mol. The third kappa shape index (κ3) is 2.26. The molecule has 0 aliphatic carbocycles. The van der Waals surface area contributed by atoms with Gasteiger partial charge in [-0.15, -0.1) is 0 Å². The van der Waals surface area contributed by atoms with Crippen LogP contribution in [-0.4, -0.2) is 16.1 Å². The van der Waals surface area contributed by atoms with Crippen molar-refractivity contribution in [1.29, 1.82) is 0 Å². The van der Waals surface area contributed by atoms with Crippen molar-refractivity contribution >= 4 is 23.3 Å². The summed E-state index contributed by atoms with van der Waals surface area (Å²) >= 11 is 5.72. The van der Waals surface area contributed by atoms with Crippen molar-refractivity contribution in [2.45, 2.75) is 0 Å². The van der Waals surface area contributed by atoms with E-state index >= 15 is 0 Å². The second-order valence-corrected chi connectivity index (χ2v) is 4.01. The Balaban J connectivity index is 2.62. The SMILES string of the molecule is Nc1cc(C(=O)O)nc(-c2ccc(Cl)cc2)c1F. The van der Waals surface area contributed by atoms with Crippen LogP contribution >= 0.6 is 11.6 Å². The van der Waals surface area contributed by atoms with E-state index in [4.69, 9.17) is 22.4 Å². The molecule has 1 aromatic carbocycles. The van der Waals surface area contributed by atoms with Crippen LogP contribution in [0.4, 0.5) is 10.1 Å². The average molecular weight is 267 g/mol. The number of aromatic nitrogens is 1. The molecule has 18 heavy (non-hydrogen) atoms. The van der Waals surface area contributed by atoms with Crippen LogP contribution in [0, 0.1) is 5.82 Å². The highest BCUT2D eigenvalue weighted by atomic mass is 35.5. The van der Waals surface area contributed by atoms with Gasteiger partial charge in [-0.25, -0.2) is 14.2 Å². The van der Waals surface area contributed by atoms with Crippen molar-refractivity contribution < 1.29 is 14.3 Å². The van der Waals surface area contributed by atoms with E-state index in [2.05, 4.69) is 4.98 Å². The maximum atomic E-state index is 13.8. The number of anilines is 1. The van der Waals surface area contributed by atoms with E-state index in [9.17, 15) is 9.18 Å². The molecule has 3 N–H and O–H groups in total. The number of halogens is 2. The summed E-state index contributed by atoms with van der Waals surface area (Å²) in [4.78, 5) is 14.6. The molecule has 2 aromatic rings. The first-order chi connectivity index (χ1) is 8.49. The first-order valence-electron chi connectivity index (χ1n) is 4.94. The van der Waals surface area contributed by atoms with E-state index in [1.54, 1.807) is 24.3 Å². The lowest BCUT2D eigenvalue weighted by atomic mass is 10.1. The molecular formula is C12H8ClFN2O2. The zero-order valence-electron chi connectivity index (χ0n) is 9.02. The molecule has 0 bridgehead atoms. The highest BCUT2D eigenvalue weighted by molar-refractivity contribution is 6.30. The summed E-state index contributed by atoms with van der Waals surface area (Å²) in [6.07, 6.45) is 0. The van der Waals surface area contributed by atoms with Gasteiger partial charge in [0.1, 0.15) is 5.69 Å². The van der Waals surface area contributed by atoms with Crippen LogP contribution in [0.15, 0.2) is 30.3 Å². The van der Waals surface area contributed by atoms with Gasteiger partial charge in [0.05, 0.1) is 5.69 Å². The van der Waals surface area contributed by atoms with Gasteiger partial charge in [0, 0.05) is 10.6 Å². The zero-order chi connectivity index (χ0) is 13.3. The Bertz CT molecular complexity index is 614. The molecule has 0 amide bonds. The summed E-state index contributed by atoms with van der Waals surface area (Å²) in [7, 11) is 0. The van der Waals surface area contributed by atoms with Gasteiger partial charge in [0.25, 0.3) is 0 Å². The molecule has 0 saturated carbocycles. The molecule has 1 aromatic heterocycles. The molecule has 0 atom stereocenters. The van der Waals surface area contributed by atoms with E-state index in [1.165, 1.54) is 0 Å². The van der Waals surface area contributed by atoms with Crippen LogP contribution in [0.3, 0.4) is 0 Å². The maximum absolute atomic E-state index is 13.8. The minimum atomic E-state index is -1.27. The van der Waals surface area contributed by atoms with Gasteiger partial charge in [-0.05, 0) is 18.2 Å². The van der Waals surface area contributed by atoms with Gasteiger partial charge in [0.2, 0.25) is 0 Å². The number of carboxylic acids is 1. The normalized spacial score (nSPS) is 10.3. The smallest absolute Gasteiger partial charge is 0.354 e. The molecule has 0 aliphatic heterocycles. The lowest BCUT2D eigenvalue weighted by Gasteiger charge is -2.06. The van der Waals surface area contributed by atoms with Crippen LogP contribution in [0.5, 0.6) is 0 Å². The Morgan fingerprint density at radius 3 is 2.50 bits per heavy atom. The molecule has 92 valence electrons. The Kier molecular flexibility index (Phi) is 3.16. The maximum Gasteiger partial charge on any atom is 0.354 e. The molecule has 1 heterocycles. The molecule has 0 fully saturated rings. The van der Waals surface area contributed by atoms with Gasteiger partial charge in [-0.2, -0.15) is 0 Å². The number of pyridine rings is 1. The zero-order valence-corrected chi connectivity index (χ0v) is 9.78. The Labute approximate surface area is 107 Å². The molecule has 0 aliphatic rings. The third-order valence-corrected chi connectivity index (χ3v) is 2.57. The number of benzene rings is 1. The van der Waals surface area contributed by atoms with Crippen molar-refractivity contribution in [2.75, 3.05) is 5.73 Å². The number of carbonyl (C=O) groups is 1. The molecule has 2 rings (SSSR count). The minimum Gasteiger partial charge on any atom is -0.477 e. The summed E-state index contributed by atoms with van der Waals surface area (Å²) in [6.45, 7) is 0. The second-order valence-electron chi connectivity index (χ2n) is 3.57. The Morgan fingerprint density at radius 1 is 1.33 bits per heavy atom. The van der Waals surface area contributed by atoms with Crippen LogP contribution in [0.2, 0.25) is 5.02 Å². The predicted molar refractivity (Wildman–Crippen MR) is 66.0 cm³/mol. The third-order valence-electron chi connectivity index (χ3n) is 2.32. The molecule has 0 unspecified atom stereocenters. The van der Waals surface area contributed by atoms with E-state index in [1.807, 2.05) is 0 Å². The van der Waals surface area contributed by atoms with Gasteiger partial charge >= 0.3 is 5.97 Å². The minimum absolute atomic E-state index is 0.107. The number of carboxylic acid groups (broad SMARTS) is 1. The molecule has 4 nitrogen and oxygen atoms in total. The topological polar surface area (TPSA) is 76.2 Å². The van der Waals surface area contributed by atoms with E-state index < -0.39 is 11.8 Å². The van der Waals surface area contributed by atoms with E-state index in [0.717, 1.165) is 6.07 Å². The Hall–Kier alpha value is -2.14. The Morgan fingerprint density at radius 2 is 1.94 bits per heavy atom. The summed E-state index contributed by atoms with van der Waals surface area (Å²) in [6, 6.07) is 7.18. The molecule has 0 saturated heterocycles. The van der Waals surface area contributed by atoms with Crippen molar-refractivity contribution in [1.82, 2.24) is 4.98 Å². The van der Waals surface area contributed by atoms with Crippen LogP contribution in [0.1, 0.15) is 10.5 Å².